The highest BCUT2D eigenvalue weighted by atomic mass is 19.4. The molecule has 1 N–H and O–H groups in total. The highest BCUT2D eigenvalue weighted by molar-refractivity contribution is 5.50. The lowest BCUT2D eigenvalue weighted by Gasteiger charge is -2.42. The van der Waals surface area contributed by atoms with E-state index < -0.39 is 12.0 Å². The third-order valence-corrected chi connectivity index (χ3v) is 5.83. The summed E-state index contributed by atoms with van der Waals surface area (Å²) >= 11 is 0. The van der Waals surface area contributed by atoms with E-state index in [0.717, 1.165) is 63.7 Å². The molecule has 0 aromatic heterocycles. The molecule has 1 saturated carbocycles. The molecule has 2 aliphatic rings. The molecule has 1 aromatic carbocycles. The average Bonchev–Trinajstić information content (AvgIpc) is 2.95. The number of rotatable bonds is 4. The van der Waals surface area contributed by atoms with Crippen LogP contribution in [0.2, 0.25) is 0 Å². The summed E-state index contributed by atoms with van der Waals surface area (Å²) in [6.07, 6.45) is 2.05. The molecule has 25 heavy (non-hydrogen) atoms. The van der Waals surface area contributed by atoms with E-state index in [0.29, 0.717) is 0 Å². The van der Waals surface area contributed by atoms with E-state index in [4.69, 9.17) is 0 Å². The lowest BCUT2D eigenvalue weighted by atomic mass is 9.67. The van der Waals surface area contributed by atoms with E-state index in [2.05, 4.69) is 16.6 Å². The van der Waals surface area contributed by atoms with E-state index in [9.17, 15) is 18.3 Å². The normalized spacial score (nSPS) is 30.0. The first-order valence-corrected chi connectivity index (χ1v) is 9.06. The van der Waals surface area contributed by atoms with Gasteiger partial charge in [-0.2, -0.15) is 0 Å². The van der Waals surface area contributed by atoms with Crippen LogP contribution in [0, 0.1) is 5.41 Å². The predicted octanol–water partition coefficient (Wildman–Crippen LogP) is 4.89. The summed E-state index contributed by atoms with van der Waals surface area (Å²) in [5.41, 5.74) is 0.672. The number of halogens is 3. The van der Waals surface area contributed by atoms with Crippen molar-refractivity contribution in [3.8, 4) is 5.75 Å². The zero-order valence-electron chi connectivity index (χ0n) is 14.6. The van der Waals surface area contributed by atoms with E-state index in [1.54, 1.807) is 12.1 Å². The fourth-order valence-electron chi connectivity index (χ4n) is 4.38. The van der Waals surface area contributed by atoms with Gasteiger partial charge in [0.15, 0.2) is 0 Å². The molecule has 1 aromatic rings. The first-order valence-electron chi connectivity index (χ1n) is 9.06. The Hall–Kier alpha value is -1.43. The molecule has 1 aliphatic carbocycles. The highest BCUT2D eigenvalue weighted by Crippen LogP contribution is 2.48. The number of nitrogens with zero attached hydrogens (tertiary/aromatic N) is 1. The van der Waals surface area contributed by atoms with Gasteiger partial charge >= 0.3 is 6.36 Å². The number of anilines is 1. The minimum Gasteiger partial charge on any atom is -0.406 e. The monoisotopic (exact) mass is 357 g/mol. The Morgan fingerprint density at radius 1 is 1.08 bits per heavy atom. The SMILES string of the molecule is CCC[C@]1(O)CC[C@]2(CCN(c3ccc(OC(F)(F)F)cc3)C2)CC1. The van der Waals surface area contributed by atoms with Crippen molar-refractivity contribution in [2.75, 3.05) is 18.0 Å². The minimum atomic E-state index is -4.66. The Kier molecular flexibility index (Phi) is 4.93. The van der Waals surface area contributed by atoms with Crippen LogP contribution in [0.15, 0.2) is 24.3 Å². The van der Waals surface area contributed by atoms with Crippen LogP contribution in [0.25, 0.3) is 0 Å². The van der Waals surface area contributed by atoms with Gasteiger partial charge < -0.3 is 14.7 Å². The second-order valence-electron chi connectivity index (χ2n) is 7.69. The first-order chi connectivity index (χ1) is 11.7. The number of hydrogen-bond donors (Lipinski definition) is 1. The van der Waals surface area contributed by atoms with Crippen molar-refractivity contribution in [2.45, 2.75) is 63.8 Å². The van der Waals surface area contributed by atoms with Gasteiger partial charge in [-0.25, -0.2) is 0 Å². The lowest BCUT2D eigenvalue weighted by Crippen LogP contribution is -2.40. The van der Waals surface area contributed by atoms with Crippen LogP contribution in [0.4, 0.5) is 18.9 Å². The molecule has 2 fully saturated rings. The van der Waals surface area contributed by atoms with Crippen molar-refractivity contribution in [1.82, 2.24) is 0 Å². The summed E-state index contributed by atoms with van der Waals surface area (Å²) < 4.78 is 40.7. The maximum Gasteiger partial charge on any atom is 0.573 e. The molecule has 1 heterocycles. The van der Waals surface area contributed by atoms with Crippen LogP contribution in [0.5, 0.6) is 5.75 Å². The van der Waals surface area contributed by atoms with Crippen molar-refractivity contribution in [3.05, 3.63) is 24.3 Å². The molecular weight excluding hydrogens is 331 g/mol. The molecule has 140 valence electrons. The van der Waals surface area contributed by atoms with Gasteiger partial charge in [0, 0.05) is 18.8 Å². The van der Waals surface area contributed by atoms with E-state index >= 15 is 0 Å². The van der Waals surface area contributed by atoms with E-state index in [1.165, 1.54) is 12.1 Å². The second kappa shape index (κ2) is 6.71. The van der Waals surface area contributed by atoms with Gasteiger partial charge in [-0.3, -0.25) is 0 Å². The molecular formula is C19H26F3NO2. The molecule has 0 radical (unpaired) electrons. The largest absolute Gasteiger partial charge is 0.573 e. The molecule has 3 nitrogen and oxygen atoms in total. The highest BCUT2D eigenvalue weighted by Gasteiger charge is 2.45. The molecule has 0 bridgehead atoms. The van der Waals surface area contributed by atoms with E-state index in [1.807, 2.05) is 0 Å². The molecule has 0 atom stereocenters. The minimum absolute atomic E-state index is 0.188. The number of aliphatic hydroxyl groups is 1. The predicted molar refractivity (Wildman–Crippen MR) is 90.7 cm³/mol. The Morgan fingerprint density at radius 3 is 2.28 bits per heavy atom. The quantitative estimate of drug-likeness (QED) is 0.833. The summed E-state index contributed by atoms with van der Waals surface area (Å²) in [5, 5.41) is 10.6. The molecule has 1 saturated heterocycles. The third kappa shape index (κ3) is 4.40. The molecule has 1 aliphatic heterocycles. The fourth-order valence-corrected chi connectivity index (χ4v) is 4.38. The summed E-state index contributed by atoms with van der Waals surface area (Å²) in [6.45, 7) is 3.92. The number of benzene rings is 1. The fraction of sp³-hybridized carbons (Fsp3) is 0.684. The van der Waals surface area contributed by atoms with Crippen LogP contribution >= 0.6 is 0 Å². The van der Waals surface area contributed by atoms with Gasteiger partial charge in [0.25, 0.3) is 0 Å². The summed E-state index contributed by atoms with van der Waals surface area (Å²) in [7, 11) is 0. The van der Waals surface area contributed by atoms with Crippen LogP contribution in [0.1, 0.15) is 51.9 Å². The van der Waals surface area contributed by atoms with Crippen molar-refractivity contribution >= 4 is 5.69 Å². The topological polar surface area (TPSA) is 32.7 Å². The van der Waals surface area contributed by atoms with Crippen LogP contribution in [-0.2, 0) is 0 Å². The summed E-state index contributed by atoms with van der Waals surface area (Å²) in [4.78, 5) is 2.24. The van der Waals surface area contributed by atoms with Crippen molar-refractivity contribution in [2.24, 2.45) is 5.41 Å². The average molecular weight is 357 g/mol. The van der Waals surface area contributed by atoms with Gasteiger partial charge in [0.05, 0.1) is 5.60 Å². The van der Waals surface area contributed by atoms with Crippen LogP contribution < -0.4 is 9.64 Å². The van der Waals surface area contributed by atoms with Crippen molar-refractivity contribution in [3.63, 3.8) is 0 Å². The van der Waals surface area contributed by atoms with Gasteiger partial charge in [0.1, 0.15) is 5.75 Å². The van der Waals surface area contributed by atoms with Crippen molar-refractivity contribution < 1.29 is 23.0 Å². The maximum absolute atomic E-state index is 12.2. The second-order valence-corrected chi connectivity index (χ2v) is 7.69. The van der Waals surface area contributed by atoms with Crippen LogP contribution in [-0.4, -0.2) is 30.2 Å². The van der Waals surface area contributed by atoms with E-state index in [-0.39, 0.29) is 11.2 Å². The Labute approximate surface area is 146 Å². The Morgan fingerprint density at radius 2 is 1.72 bits per heavy atom. The summed E-state index contributed by atoms with van der Waals surface area (Å²) in [6, 6.07) is 6.12. The van der Waals surface area contributed by atoms with Crippen molar-refractivity contribution in [1.29, 1.82) is 0 Å². The Balaban J connectivity index is 1.60. The molecule has 6 heteroatoms. The zero-order chi connectivity index (χ0) is 18.1. The van der Waals surface area contributed by atoms with Gasteiger partial charge in [-0.15, -0.1) is 13.2 Å². The number of ether oxygens (including phenoxy) is 1. The third-order valence-electron chi connectivity index (χ3n) is 5.83. The molecule has 0 amide bonds. The number of hydrogen-bond acceptors (Lipinski definition) is 3. The van der Waals surface area contributed by atoms with Gasteiger partial charge in [-0.05, 0) is 68.2 Å². The standard InChI is InChI=1S/C19H26F3NO2/c1-2-7-18(24)10-8-17(9-11-18)12-13-23(14-17)15-3-5-16(6-4-15)25-19(20,21)22/h3-6,24H,2,7-14H2,1H3/t17-,18+. The van der Waals surface area contributed by atoms with Gasteiger partial charge in [-0.1, -0.05) is 13.3 Å². The molecule has 0 unspecified atom stereocenters. The number of alkyl halides is 3. The van der Waals surface area contributed by atoms with Crippen LogP contribution in [0.3, 0.4) is 0 Å². The smallest absolute Gasteiger partial charge is 0.406 e. The zero-order valence-corrected chi connectivity index (χ0v) is 14.6. The molecule has 3 rings (SSSR count). The first kappa shape index (κ1) is 18.4. The summed E-state index contributed by atoms with van der Waals surface area (Å²) in [5.74, 6) is -0.188. The van der Waals surface area contributed by atoms with Gasteiger partial charge in [0.2, 0.25) is 0 Å². The lowest BCUT2D eigenvalue weighted by molar-refractivity contribution is -0.274. The maximum atomic E-state index is 12.2. The Bertz CT molecular complexity index is 577. The molecule has 1 spiro atoms.